The van der Waals surface area contributed by atoms with E-state index < -0.39 is 4.92 Å². The van der Waals surface area contributed by atoms with Crippen molar-refractivity contribution in [2.45, 2.75) is 0 Å². The second kappa shape index (κ2) is 7.52. The lowest BCUT2D eigenvalue weighted by Gasteiger charge is -2.17. The Morgan fingerprint density at radius 3 is 2.42 bits per heavy atom. The Morgan fingerprint density at radius 2 is 1.81 bits per heavy atom. The van der Waals surface area contributed by atoms with Crippen LogP contribution in [-0.2, 0) is 16.7 Å². The highest BCUT2D eigenvalue weighted by atomic mass is 32.1. The highest BCUT2D eigenvalue weighted by Gasteiger charge is 2.19. The number of nitrogens with zero attached hydrogens (tertiary/aromatic N) is 5. The van der Waals surface area contributed by atoms with Gasteiger partial charge in [0, 0.05) is 18.2 Å². The van der Waals surface area contributed by atoms with E-state index in [1.54, 1.807) is 30.3 Å². The summed E-state index contributed by atoms with van der Waals surface area (Å²) in [5.74, 6) is 0. The molecule has 0 aliphatic carbocycles. The van der Waals surface area contributed by atoms with E-state index in [0.29, 0.717) is 21.8 Å². The number of azo groups is 1. The van der Waals surface area contributed by atoms with Gasteiger partial charge in [-0.25, -0.2) is 0 Å². The molecule has 134 valence electrons. The SMILES string of the molecule is CON(OC)c1ccc(N=Nc2s[n+](C)c3ccc([N+](=O)[O-])cc23)cc1. The maximum Gasteiger partial charge on any atom is 0.270 e. The summed E-state index contributed by atoms with van der Waals surface area (Å²) in [4.78, 5) is 20.7. The molecule has 0 saturated carbocycles. The summed E-state index contributed by atoms with van der Waals surface area (Å²) >= 11 is 1.37. The van der Waals surface area contributed by atoms with Gasteiger partial charge in [0.15, 0.2) is 18.6 Å². The van der Waals surface area contributed by atoms with Gasteiger partial charge >= 0.3 is 0 Å². The van der Waals surface area contributed by atoms with E-state index in [1.807, 2.05) is 11.0 Å². The average molecular weight is 374 g/mol. The van der Waals surface area contributed by atoms with Gasteiger partial charge in [-0.1, -0.05) is 0 Å². The molecule has 2 aromatic carbocycles. The van der Waals surface area contributed by atoms with Gasteiger partial charge in [0.1, 0.15) is 0 Å². The van der Waals surface area contributed by atoms with Crippen LogP contribution < -0.4 is 9.18 Å². The predicted molar refractivity (Wildman–Crippen MR) is 96.8 cm³/mol. The molecule has 1 aromatic heterocycles. The van der Waals surface area contributed by atoms with Crippen LogP contribution in [0.15, 0.2) is 52.7 Å². The van der Waals surface area contributed by atoms with E-state index in [1.165, 1.54) is 43.1 Å². The summed E-state index contributed by atoms with van der Waals surface area (Å²) in [6.07, 6.45) is 0. The maximum atomic E-state index is 11.0. The molecule has 0 bridgehead atoms. The number of nitro benzene ring substituents is 1. The summed E-state index contributed by atoms with van der Waals surface area (Å²) in [6.45, 7) is 0. The number of anilines is 1. The smallest absolute Gasteiger partial charge is 0.258 e. The third kappa shape index (κ3) is 3.52. The molecule has 0 N–H and O–H groups in total. The highest BCUT2D eigenvalue weighted by Crippen LogP contribution is 2.33. The van der Waals surface area contributed by atoms with Crippen LogP contribution in [0.5, 0.6) is 0 Å². The Kier molecular flexibility index (Phi) is 5.16. The van der Waals surface area contributed by atoms with Gasteiger partial charge in [0.05, 0.1) is 35.9 Å². The number of benzene rings is 2. The number of hydrogen-bond acceptors (Lipinski definition) is 8. The van der Waals surface area contributed by atoms with Gasteiger partial charge in [0.2, 0.25) is 10.5 Å². The highest BCUT2D eigenvalue weighted by molar-refractivity contribution is 7.07. The Morgan fingerprint density at radius 1 is 1.12 bits per heavy atom. The molecule has 0 unspecified atom stereocenters. The van der Waals surface area contributed by atoms with Crippen LogP contribution in [0.4, 0.5) is 22.1 Å². The van der Waals surface area contributed by atoms with Crippen LogP contribution in [0.2, 0.25) is 0 Å². The van der Waals surface area contributed by atoms with Crippen LogP contribution in [0.3, 0.4) is 0 Å². The molecule has 0 atom stereocenters. The second-order valence-electron chi connectivity index (χ2n) is 5.19. The molecule has 0 aliphatic rings. The molecule has 26 heavy (non-hydrogen) atoms. The normalized spacial score (nSPS) is 11.3. The number of non-ortho nitro benzene ring substituents is 1. The first-order valence-corrected chi connectivity index (χ1v) is 8.28. The molecule has 0 fully saturated rings. The van der Waals surface area contributed by atoms with Gasteiger partial charge in [-0.3, -0.25) is 19.8 Å². The van der Waals surface area contributed by atoms with Crippen molar-refractivity contribution in [3.8, 4) is 0 Å². The standard InChI is InChI=1S/C16H16N5O4S/c1-19-15-9-8-13(20(22)23)10-14(15)16(26-19)18-17-11-4-6-12(7-5-11)21(24-2)25-3/h4-10H,1-3H3/q+1. The summed E-state index contributed by atoms with van der Waals surface area (Å²) in [7, 11) is 4.87. The number of aryl methyl sites for hydroxylation is 1. The van der Waals surface area contributed by atoms with Crippen LogP contribution in [0.25, 0.3) is 10.9 Å². The van der Waals surface area contributed by atoms with Crippen molar-refractivity contribution in [3.63, 3.8) is 0 Å². The monoisotopic (exact) mass is 374 g/mol. The van der Waals surface area contributed by atoms with Crippen LogP contribution in [0.1, 0.15) is 0 Å². The summed E-state index contributed by atoms with van der Waals surface area (Å²) in [5.41, 5.74) is 2.23. The van der Waals surface area contributed by atoms with Gasteiger partial charge < -0.3 is 0 Å². The lowest BCUT2D eigenvalue weighted by molar-refractivity contribution is -0.573. The fourth-order valence-electron chi connectivity index (χ4n) is 2.41. The zero-order valence-corrected chi connectivity index (χ0v) is 15.1. The van der Waals surface area contributed by atoms with E-state index >= 15 is 0 Å². The van der Waals surface area contributed by atoms with Crippen LogP contribution in [0, 0.1) is 10.1 Å². The summed E-state index contributed by atoms with van der Waals surface area (Å²) in [5, 5.41) is 22.0. The molecular weight excluding hydrogens is 358 g/mol. The van der Waals surface area contributed by atoms with Crippen molar-refractivity contribution in [2.75, 3.05) is 19.4 Å². The van der Waals surface area contributed by atoms with Gasteiger partial charge in [-0.15, -0.1) is 19.4 Å². The topological polar surface area (TPSA) is 93.4 Å². The van der Waals surface area contributed by atoms with Crippen LogP contribution >= 0.6 is 11.5 Å². The van der Waals surface area contributed by atoms with E-state index in [4.69, 9.17) is 9.68 Å². The van der Waals surface area contributed by atoms with Crippen LogP contribution in [-0.4, -0.2) is 19.1 Å². The molecule has 0 aliphatic heterocycles. The molecule has 1 heterocycles. The Bertz CT molecular complexity index is 967. The molecule has 0 spiro atoms. The second-order valence-corrected chi connectivity index (χ2v) is 6.31. The molecule has 10 heteroatoms. The van der Waals surface area contributed by atoms with Gasteiger partial charge in [-0.05, 0) is 24.3 Å². The van der Waals surface area contributed by atoms with Crippen molar-refractivity contribution in [2.24, 2.45) is 17.3 Å². The number of aromatic nitrogens is 1. The van der Waals surface area contributed by atoms with Crippen molar-refractivity contribution in [1.29, 1.82) is 0 Å². The molecule has 3 rings (SSSR count). The number of fused-ring (bicyclic) bond motifs is 1. The summed E-state index contributed by atoms with van der Waals surface area (Å²) in [6, 6.07) is 11.8. The largest absolute Gasteiger partial charge is 0.270 e. The fourth-order valence-corrected chi connectivity index (χ4v) is 3.27. The number of rotatable bonds is 6. The molecule has 9 nitrogen and oxygen atoms in total. The molecule has 3 aromatic rings. The predicted octanol–water partition coefficient (Wildman–Crippen LogP) is 3.98. The number of nitro groups is 1. The molecule has 0 saturated heterocycles. The van der Waals surface area contributed by atoms with Gasteiger partial charge in [-0.2, -0.15) is 0 Å². The zero-order chi connectivity index (χ0) is 18.7. The van der Waals surface area contributed by atoms with E-state index in [0.717, 1.165) is 5.52 Å². The first-order chi connectivity index (χ1) is 12.5. The van der Waals surface area contributed by atoms with Crippen molar-refractivity contribution in [1.82, 2.24) is 0 Å². The van der Waals surface area contributed by atoms with E-state index in [2.05, 4.69) is 10.2 Å². The van der Waals surface area contributed by atoms with E-state index in [-0.39, 0.29) is 5.69 Å². The summed E-state index contributed by atoms with van der Waals surface area (Å²) < 4.78 is 1.89. The molecule has 0 radical (unpaired) electrons. The third-order valence-corrected chi connectivity index (χ3v) is 4.58. The third-order valence-electron chi connectivity index (χ3n) is 3.63. The molecule has 0 amide bonds. The average Bonchev–Trinajstić information content (AvgIpc) is 2.97. The minimum absolute atomic E-state index is 0.0240. The Hall–Kier alpha value is -2.95. The zero-order valence-electron chi connectivity index (χ0n) is 14.3. The fraction of sp³-hybridized carbons (Fsp3) is 0.188. The molecular formula is C16H16N5O4S+. The number of hydrogen-bond donors (Lipinski definition) is 0. The minimum atomic E-state index is -0.423. The first kappa shape index (κ1) is 17.9. The first-order valence-electron chi connectivity index (χ1n) is 7.51. The maximum absolute atomic E-state index is 11.0. The van der Waals surface area contributed by atoms with Gasteiger partial charge in [0.25, 0.3) is 5.69 Å². The quantitative estimate of drug-likeness (QED) is 0.282. The Balaban J connectivity index is 1.90. The lowest BCUT2D eigenvalue weighted by atomic mass is 10.2. The van der Waals surface area contributed by atoms with E-state index in [9.17, 15) is 10.1 Å². The van der Waals surface area contributed by atoms with Crippen molar-refractivity contribution >= 4 is 44.5 Å². The lowest BCUT2D eigenvalue weighted by Crippen LogP contribution is -2.21. The Labute approximate surface area is 152 Å². The van der Waals surface area contributed by atoms with Crippen molar-refractivity contribution < 1.29 is 18.6 Å². The van der Waals surface area contributed by atoms with Crippen molar-refractivity contribution in [3.05, 3.63) is 52.6 Å². The minimum Gasteiger partial charge on any atom is -0.258 e.